The van der Waals surface area contributed by atoms with Crippen molar-refractivity contribution in [3.63, 3.8) is 0 Å². The molecule has 2 rings (SSSR count). The summed E-state index contributed by atoms with van der Waals surface area (Å²) in [5.41, 5.74) is 4.91. The Hall–Kier alpha value is -2.50. The Kier molecular flexibility index (Phi) is 3.18. The predicted octanol–water partition coefficient (Wildman–Crippen LogP) is 1.56. The lowest BCUT2D eigenvalue weighted by Gasteiger charge is -2.04. The first-order chi connectivity index (χ1) is 8.58. The van der Waals surface area contributed by atoms with E-state index in [1.165, 1.54) is 12.3 Å². The van der Waals surface area contributed by atoms with Gasteiger partial charge in [0.1, 0.15) is 11.5 Å². The van der Waals surface area contributed by atoms with Crippen LogP contribution in [0.5, 0.6) is 0 Å². The molecule has 2 heterocycles. The van der Waals surface area contributed by atoms with Crippen LogP contribution in [0, 0.1) is 13.8 Å². The van der Waals surface area contributed by atoms with Gasteiger partial charge in [0.05, 0.1) is 11.8 Å². The smallest absolute Gasteiger partial charge is 0.305 e. The van der Waals surface area contributed by atoms with E-state index in [0.717, 1.165) is 0 Å². The highest BCUT2D eigenvalue weighted by Crippen LogP contribution is 2.12. The van der Waals surface area contributed by atoms with Crippen molar-refractivity contribution in [3.05, 3.63) is 47.3 Å². The number of nitrogens with one attached hydrogen (secondary N) is 2. The van der Waals surface area contributed by atoms with Crippen molar-refractivity contribution in [2.45, 2.75) is 13.8 Å². The Morgan fingerprint density at radius 1 is 1.17 bits per heavy atom. The minimum atomic E-state index is -0.522. The largest absolute Gasteiger partial charge is 0.466 e. The van der Waals surface area contributed by atoms with Crippen LogP contribution < -0.4 is 10.9 Å². The van der Waals surface area contributed by atoms with E-state index in [4.69, 9.17) is 8.83 Å². The molecule has 0 radical (unpaired) electrons. The molecular weight excluding hydrogens is 236 g/mol. The molecule has 0 bridgehead atoms. The van der Waals surface area contributed by atoms with Crippen molar-refractivity contribution in [1.82, 2.24) is 10.9 Å². The minimum Gasteiger partial charge on any atom is -0.466 e. The molecule has 94 valence electrons. The SMILES string of the molecule is Cc1cc(C(=O)NNC(=O)c2ccco2)c(C)o1. The fourth-order valence-electron chi connectivity index (χ4n) is 1.51. The maximum absolute atomic E-state index is 11.7. The van der Waals surface area contributed by atoms with E-state index in [2.05, 4.69) is 10.9 Å². The molecule has 0 fully saturated rings. The molecule has 0 saturated carbocycles. The summed E-state index contributed by atoms with van der Waals surface area (Å²) in [6.45, 7) is 3.42. The van der Waals surface area contributed by atoms with Crippen LogP contribution in [0.2, 0.25) is 0 Å². The van der Waals surface area contributed by atoms with E-state index in [9.17, 15) is 9.59 Å². The van der Waals surface area contributed by atoms with Crippen LogP contribution in [0.3, 0.4) is 0 Å². The number of aryl methyl sites for hydroxylation is 2. The number of hydrazine groups is 1. The lowest BCUT2D eigenvalue weighted by atomic mass is 10.2. The molecule has 18 heavy (non-hydrogen) atoms. The van der Waals surface area contributed by atoms with Crippen molar-refractivity contribution in [3.8, 4) is 0 Å². The Labute approximate surface area is 103 Å². The number of amides is 2. The van der Waals surface area contributed by atoms with Crippen molar-refractivity contribution in [1.29, 1.82) is 0 Å². The van der Waals surface area contributed by atoms with Gasteiger partial charge in [0.25, 0.3) is 5.91 Å². The predicted molar refractivity (Wildman–Crippen MR) is 61.8 cm³/mol. The van der Waals surface area contributed by atoms with Gasteiger partial charge in [0.15, 0.2) is 5.76 Å². The Morgan fingerprint density at radius 3 is 2.44 bits per heavy atom. The number of hydrogen-bond acceptors (Lipinski definition) is 4. The summed E-state index contributed by atoms with van der Waals surface area (Å²) in [7, 11) is 0. The van der Waals surface area contributed by atoms with Crippen LogP contribution in [-0.4, -0.2) is 11.8 Å². The fraction of sp³-hybridized carbons (Fsp3) is 0.167. The summed E-state index contributed by atoms with van der Waals surface area (Å²) in [6, 6.07) is 4.68. The van der Waals surface area contributed by atoms with Crippen molar-refractivity contribution in [2.24, 2.45) is 0 Å². The molecule has 6 nitrogen and oxygen atoms in total. The van der Waals surface area contributed by atoms with Gasteiger partial charge in [0, 0.05) is 0 Å². The molecule has 0 aliphatic carbocycles. The van der Waals surface area contributed by atoms with Crippen molar-refractivity contribution in [2.75, 3.05) is 0 Å². The third kappa shape index (κ3) is 2.42. The second-order valence-corrected chi connectivity index (χ2v) is 3.71. The van der Waals surface area contributed by atoms with Crippen molar-refractivity contribution >= 4 is 11.8 Å². The number of carbonyl (C=O) groups is 2. The molecule has 0 saturated heterocycles. The van der Waals surface area contributed by atoms with E-state index >= 15 is 0 Å². The first-order valence-electron chi connectivity index (χ1n) is 5.29. The average Bonchev–Trinajstić information content (AvgIpc) is 2.95. The van der Waals surface area contributed by atoms with Crippen LogP contribution in [-0.2, 0) is 0 Å². The number of furan rings is 2. The molecule has 0 unspecified atom stereocenters. The van der Waals surface area contributed by atoms with Gasteiger partial charge >= 0.3 is 5.91 Å². The molecule has 0 aliphatic rings. The maximum Gasteiger partial charge on any atom is 0.305 e. The Balaban J connectivity index is 1.97. The maximum atomic E-state index is 11.7. The van der Waals surface area contributed by atoms with Crippen LogP contribution in [0.1, 0.15) is 32.4 Å². The summed E-state index contributed by atoms with van der Waals surface area (Å²) >= 11 is 0. The average molecular weight is 248 g/mol. The normalized spacial score (nSPS) is 10.1. The molecular formula is C12H12N2O4. The zero-order chi connectivity index (χ0) is 13.1. The summed E-state index contributed by atoms with van der Waals surface area (Å²) in [5, 5.41) is 0. The van der Waals surface area contributed by atoms with E-state index in [1.807, 2.05) is 0 Å². The second-order valence-electron chi connectivity index (χ2n) is 3.71. The summed E-state index contributed by atoms with van der Waals surface area (Å²) in [6.07, 6.45) is 1.38. The van der Waals surface area contributed by atoms with Crippen LogP contribution in [0.4, 0.5) is 0 Å². The highest BCUT2D eigenvalue weighted by molar-refractivity contribution is 5.98. The molecule has 0 spiro atoms. The summed E-state index contributed by atoms with van der Waals surface area (Å²) in [5.74, 6) is 0.290. The quantitative estimate of drug-likeness (QED) is 0.790. The van der Waals surface area contributed by atoms with Crippen molar-refractivity contribution < 1.29 is 18.4 Å². The molecule has 0 aliphatic heterocycles. The molecule has 6 heteroatoms. The lowest BCUT2D eigenvalue weighted by molar-refractivity contribution is 0.0830. The first kappa shape index (κ1) is 12.0. The fourth-order valence-corrected chi connectivity index (χ4v) is 1.51. The molecule has 0 aromatic carbocycles. The lowest BCUT2D eigenvalue weighted by Crippen LogP contribution is -2.41. The molecule has 0 atom stereocenters. The third-order valence-corrected chi connectivity index (χ3v) is 2.32. The zero-order valence-corrected chi connectivity index (χ0v) is 9.94. The van der Waals surface area contributed by atoms with Gasteiger partial charge in [-0.25, -0.2) is 0 Å². The van der Waals surface area contributed by atoms with Crippen LogP contribution in [0.25, 0.3) is 0 Å². The summed E-state index contributed by atoms with van der Waals surface area (Å²) in [4.78, 5) is 23.2. The van der Waals surface area contributed by atoms with Gasteiger partial charge in [-0.15, -0.1) is 0 Å². The van der Waals surface area contributed by atoms with Gasteiger partial charge in [0.2, 0.25) is 0 Å². The van der Waals surface area contributed by atoms with Gasteiger partial charge in [-0.3, -0.25) is 20.4 Å². The zero-order valence-electron chi connectivity index (χ0n) is 9.94. The van der Waals surface area contributed by atoms with Crippen LogP contribution >= 0.6 is 0 Å². The van der Waals surface area contributed by atoms with Gasteiger partial charge < -0.3 is 8.83 Å². The monoisotopic (exact) mass is 248 g/mol. The van der Waals surface area contributed by atoms with Gasteiger partial charge in [-0.05, 0) is 32.0 Å². The molecule has 2 aromatic rings. The standard InChI is InChI=1S/C12H12N2O4/c1-7-6-9(8(2)18-7)11(15)13-14-12(16)10-4-3-5-17-10/h3-6H,1-2H3,(H,13,15)(H,14,16). The Bertz CT molecular complexity index is 569. The number of rotatable bonds is 2. The second kappa shape index (κ2) is 4.79. The topological polar surface area (TPSA) is 84.5 Å². The molecule has 2 aromatic heterocycles. The number of hydrogen-bond donors (Lipinski definition) is 2. The van der Waals surface area contributed by atoms with E-state index in [1.54, 1.807) is 26.0 Å². The first-order valence-corrected chi connectivity index (χ1v) is 5.29. The van der Waals surface area contributed by atoms with Gasteiger partial charge in [-0.2, -0.15) is 0 Å². The number of carbonyl (C=O) groups excluding carboxylic acids is 2. The van der Waals surface area contributed by atoms with Gasteiger partial charge in [-0.1, -0.05) is 0 Å². The molecule has 2 N–H and O–H groups in total. The highest BCUT2D eigenvalue weighted by atomic mass is 16.3. The minimum absolute atomic E-state index is 0.121. The van der Waals surface area contributed by atoms with E-state index < -0.39 is 11.8 Å². The van der Waals surface area contributed by atoms with Crippen LogP contribution in [0.15, 0.2) is 33.3 Å². The van der Waals surface area contributed by atoms with E-state index in [0.29, 0.717) is 17.1 Å². The van der Waals surface area contributed by atoms with E-state index in [-0.39, 0.29) is 5.76 Å². The third-order valence-electron chi connectivity index (χ3n) is 2.32. The summed E-state index contributed by atoms with van der Waals surface area (Å²) < 4.78 is 10.1. The highest BCUT2D eigenvalue weighted by Gasteiger charge is 2.15. The molecule has 2 amide bonds. The Morgan fingerprint density at radius 2 is 1.89 bits per heavy atom.